The molecular formula is C16H23ClFNS. The fourth-order valence-electron chi connectivity index (χ4n) is 2.83. The summed E-state index contributed by atoms with van der Waals surface area (Å²) >= 11 is 8.19. The van der Waals surface area contributed by atoms with Crippen molar-refractivity contribution in [3.63, 3.8) is 0 Å². The van der Waals surface area contributed by atoms with Gasteiger partial charge in [0, 0.05) is 21.4 Å². The van der Waals surface area contributed by atoms with Crippen molar-refractivity contribution in [1.29, 1.82) is 0 Å². The van der Waals surface area contributed by atoms with Gasteiger partial charge in [-0.05, 0) is 57.0 Å². The van der Waals surface area contributed by atoms with Gasteiger partial charge in [-0.15, -0.1) is 0 Å². The number of halogens is 2. The standard InChI is InChI=1S/C16H23ClFNS/c1-3-9-19-15(16(2)8-5-10-20-16)11-12-13(17)6-4-7-14(12)18/h4,6-7,15,19H,3,5,8-11H2,1-2H3. The van der Waals surface area contributed by atoms with E-state index >= 15 is 0 Å². The average Bonchev–Trinajstić information content (AvgIpc) is 2.85. The predicted octanol–water partition coefficient (Wildman–Crippen LogP) is 4.68. The lowest BCUT2D eigenvalue weighted by Gasteiger charge is -2.34. The van der Waals surface area contributed by atoms with Crippen LogP contribution in [0.3, 0.4) is 0 Å². The van der Waals surface area contributed by atoms with E-state index < -0.39 is 0 Å². The number of benzene rings is 1. The summed E-state index contributed by atoms with van der Waals surface area (Å²) in [5, 5.41) is 4.15. The van der Waals surface area contributed by atoms with Crippen molar-refractivity contribution in [2.45, 2.75) is 50.3 Å². The third-order valence-corrected chi connectivity index (χ3v) is 6.09. The maximum atomic E-state index is 14.0. The van der Waals surface area contributed by atoms with Crippen LogP contribution in [0.15, 0.2) is 18.2 Å². The summed E-state index contributed by atoms with van der Waals surface area (Å²) in [6, 6.07) is 5.22. The molecule has 1 saturated heterocycles. The van der Waals surface area contributed by atoms with Crippen molar-refractivity contribution < 1.29 is 4.39 Å². The molecule has 2 atom stereocenters. The Balaban J connectivity index is 2.19. The van der Waals surface area contributed by atoms with Crippen LogP contribution in [0.25, 0.3) is 0 Å². The zero-order valence-corrected chi connectivity index (χ0v) is 13.8. The molecule has 1 nitrogen and oxygen atoms in total. The molecule has 0 amide bonds. The normalized spacial score (nSPS) is 24.0. The molecule has 1 N–H and O–H groups in total. The maximum Gasteiger partial charge on any atom is 0.127 e. The Morgan fingerprint density at radius 1 is 1.50 bits per heavy atom. The van der Waals surface area contributed by atoms with Crippen molar-refractivity contribution in [3.8, 4) is 0 Å². The summed E-state index contributed by atoms with van der Waals surface area (Å²) in [5.41, 5.74) is 0.650. The Morgan fingerprint density at radius 3 is 2.90 bits per heavy atom. The molecule has 20 heavy (non-hydrogen) atoms. The highest BCUT2D eigenvalue weighted by molar-refractivity contribution is 8.00. The largest absolute Gasteiger partial charge is 0.312 e. The summed E-state index contributed by atoms with van der Waals surface area (Å²) < 4.78 is 14.2. The quantitative estimate of drug-likeness (QED) is 0.818. The topological polar surface area (TPSA) is 12.0 Å². The molecule has 0 bridgehead atoms. The molecule has 1 fully saturated rings. The first-order chi connectivity index (χ1) is 9.57. The van der Waals surface area contributed by atoms with Gasteiger partial charge in [-0.2, -0.15) is 11.8 Å². The molecule has 1 aromatic rings. The predicted molar refractivity (Wildman–Crippen MR) is 87.3 cm³/mol. The van der Waals surface area contributed by atoms with Gasteiger partial charge in [-0.3, -0.25) is 0 Å². The zero-order valence-electron chi connectivity index (χ0n) is 12.2. The molecule has 1 aliphatic rings. The minimum atomic E-state index is -0.188. The Labute approximate surface area is 130 Å². The smallest absolute Gasteiger partial charge is 0.127 e. The second-order valence-corrected chi connectivity index (χ2v) is 7.71. The summed E-state index contributed by atoms with van der Waals surface area (Å²) in [5.74, 6) is 1.01. The fourth-order valence-corrected chi connectivity index (χ4v) is 4.48. The molecule has 1 aliphatic heterocycles. The number of nitrogens with one attached hydrogen (secondary N) is 1. The molecule has 0 spiro atoms. The van der Waals surface area contributed by atoms with E-state index in [4.69, 9.17) is 11.6 Å². The van der Waals surface area contributed by atoms with Crippen LogP contribution >= 0.6 is 23.4 Å². The van der Waals surface area contributed by atoms with Crippen LogP contribution < -0.4 is 5.32 Å². The molecule has 2 unspecified atom stereocenters. The Kier molecular flexibility index (Phi) is 5.76. The highest BCUT2D eigenvalue weighted by Crippen LogP contribution is 2.42. The molecule has 0 aromatic heterocycles. The highest BCUT2D eigenvalue weighted by atomic mass is 35.5. The number of hydrogen-bond donors (Lipinski definition) is 1. The minimum absolute atomic E-state index is 0.181. The molecule has 0 radical (unpaired) electrons. The fraction of sp³-hybridized carbons (Fsp3) is 0.625. The van der Waals surface area contributed by atoms with E-state index in [0.29, 0.717) is 17.0 Å². The van der Waals surface area contributed by atoms with Gasteiger partial charge in [0.25, 0.3) is 0 Å². The first kappa shape index (κ1) is 16.1. The number of hydrogen-bond acceptors (Lipinski definition) is 2. The van der Waals surface area contributed by atoms with Gasteiger partial charge in [0.1, 0.15) is 5.82 Å². The van der Waals surface area contributed by atoms with Crippen molar-refractivity contribution in [2.75, 3.05) is 12.3 Å². The Hall–Kier alpha value is -0.250. The summed E-state index contributed by atoms with van der Waals surface area (Å²) in [6.07, 6.45) is 4.18. The molecule has 1 aromatic carbocycles. The van der Waals surface area contributed by atoms with Gasteiger partial charge in [-0.1, -0.05) is 24.6 Å². The van der Waals surface area contributed by atoms with Crippen molar-refractivity contribution in [2.24, 2.45) is 0 Å². The molecular weight excluding hydrogens is 293 g/mol. The molecule has 0 aliphatic carbocycles. The first-order valence-electron chi connectivity index (χ1n) is 7.37. The minimum Gasteiger partial charge on any atom is -0.312 e. The molecule has 0 saturated carbocycles. The van der Waals surface area contributed by atoms with Crippen LogP contribution in [0.5, 0.6) is 0 Å². The Morgan fingerprint density at radius 2 is 2.30 bits per heavy atom. The van der Waals surface area contributed by atoms with Crippen LogP contribution in [0, 0.1) is 5.82 Å². The second kappa shape index (κ2) is 7.15. The third-order valence-electron chi connectivity index (χ3n) is 4.10. The lowest BCUT2D eigenvalue weighted by atomic mass is 9.90. The van der Waals surface area contributed by atoms with Gasteiger partial charge >= 0.3 is 0 Å². The van der Waals surface area contributed by atoms with E-state index in [1.807, 2.05) is 11.8 Å². The van der Waals surface area contributed by atoms with Crippen LogP contribution in [-0.2, 0) is 6.42 Å². The van der Waals surface area contributed by atoms with Crippen LogP contribution in [0.2, 0.25) is 5.02 Å². The number of thioether (sulfide) groups is 1. The molecule has 2 rings (SSSR count). The average molecular weight is 316 g/mol. The van der Waals surface area contributed by atoms with Crippen molar-refractivity contribution in [3.05, 3.63) is 34.6 Å². The van der Waals surface area contributed by atoms with Crippen LogP contribution in [0.4, 0.5) is 4.39 Å². The van der Waals surface area contributed by atoms with Gasteiger partial charge < -0.3 is 5.32 Å². The molecule has 112 valence electrons. The van der Waals surface area contributed by atoms with E-state index in [1.54, 1.807) is 12.1 Å². The maximum absolute atomic E-state index is 14.0. The second-order valence-electron chi connectivity index (χ2n) is 5.68. The van der Waals surface area contributed by atoms with Crippen LogP contribution in [0.1, 0.15) is 38.7 Å². The van der Waals surface area contributed by atoms with Crippen molar-refractivity contribution >= 4 is 23.4 Å². The monoisotopic (exact) mass is 315 g/mol. The van der Waals surface area contributed by atoms with E-state index in [0.717, 1.165) is 13.0 Å². The summed E-state index contributed by atoms with van der Waals surface area (Å²) in [7, 11) is 0. The summed E-state index contributed by atoms with van der Waals surface area (Å²) in [4.78, 5) is 0. The third kappa shape index (κ3) is 3.69. The Bertz CT molecular complexity index is 426. The SMILES string of the molecule is CCCNC(Cc1c(F)cccc1Cl)C1(C)CCCS1. The highest BCUT2D eigenvalue weighted by Gasteiger charge is 2.38. The van der Waals surface area contributed by atoms with Gasteiger partial charge in [0.15, 0.2) is 0 Å². The zero-order chi connectivity index (χ0) is 14.6. The first-order valence-corrected chi connectivity index (χ1v) is 8.73. The van der Waals surface area contributed by atoms with Gasteiger partial charge in [0.2, 0.25) is 0 Å². The van der Waals surface area contributed by atoms with E-state index in [-0.39, 0.29) is 16.6 Å². The van der Waals surface area contributed by atoms with Gasteiger partial charge in [-0.25, -0.2) is 4.39 Å². The molecule has 1 heterocycles. The van der Waals surface area contributed by atoms with Crippen molar-refractivity contribution in [1.82, 2.24) is 5.32 Å². The van der Waals surface area contributed by atoms with Gasteiger partial charge in [0.05, 0.1) is 0 Å². The lowest BCUT2D eigenvalue weighted by molar-refractivity contribution is 0.394. The molecule has 4 heteroatoms. The number of rotatable bonds is 6. The van der Waals surface area contributed by atoms with E-state index in [2.05, 4.69) is 19.2 Å². The van der Waals surface area contributed by atoms with Crippen LogP contribution in [-0.4, -0.2) is 23.1 Å². The summed E-state index contributed by atoms with van der Waals surface area (Å²) in [6.45, 7) is 5.42. The van der Waals surface area contributed by atoms with E-state index in [9.17, 15) is 4.39 Å². The van der Waals surface area contributed by atoms with E-state index in [1.165, 1.54) is 24.7 Å². The lowest BCUT2D eigenvalue weighted by Crippen LogP contribution is -2.47.